The maximum atomic E-state index is 5.47. The van der Waals surface area contributed by atoms with E-state index >= 15 is 0 Å². The van der Waals surface area contributed by atoms with E-state index in [-0.39, 0.29) is 0 Å². The van der Waals surface area contributed by atoms with E-state index in [0.29, 0.717) is 17.5 Å². The van der Waals surface area contributed by atoms with Crippen LogP contribution in [-0.4, -0.2) is 29.9 Å². The number of hydrogen-bond donors (Lipinski definition) is 0. The summed E-state index contributed by atoms with van der Waals surface area (Å²) in [6.45, 7) is 0. The van der Waals surface area contributed by atoms with E-state index in [1.807, 2.05) is 91.0 Å². The average Bonchev–Trinajstić information content (AvgIpc) is 3.42. The Morgan fingerprint density at radius 3 is 0.742 bits per heavy atom. The van der Waals surface area contributed by atoms with Crippen LogP contribution < -0.4 is 0 Å². The molecule has 310 valence electrons. The lowest BCUT2D eigenvalue weighted by molar-refractivity contribution is 1.17. The fraction of sp³-hybridized carbons (Fsp3) is 0. The molecule has 11 aromatic rings. The Labute approximate surface area is 383 Å². The summed E-state index contributed by atoms with van der Waals surface area (Å²) >= 11 is 0. The van der Waals surface area contributed by atoms with Crippen molar-refractivity contribution < 1.29 is 0 Å². The number of rotatable bonds is 10. The maximum Gasteiger partial charge on any atom is 0.160 e. The van der Waals surface area contributed by atoms with Gasteiger partial charge in [0.05, 0.1) is 34.2 Å². The van der Waals surface area contributed by atoms with E-state index in [2.05, 4.69) is 152 Å². The SMILES string of the molecule is c1ccc(-c2cc(-c3ccccc3)nc(-c3cccc(-c4nc(-c5ccccc5)c(-c5cccc(-c6nc(-c7ccccc7)cc(-c7ccccc7)n6)c5)c(-c5ccccc5)n4)c3)n2)cc1. The highest BCUT2D eigenvalue weighted by atomic mass is 14.9. The van der Waals surface area contributed by atoms with Gasteiger partial charge in [-0.15, -0.1) is 0 Å². The molecule has 0 amide bonds. The first-order valence-electron chi connectivity index (χ1n) is 21.9. The van der Waals surface area contributed by atoms with Gasteiger partial charge in [0.2, 0.25) is 0 Å². The molecule has 3 heterocycles. The summed E-state index contributed by atoms with van der Waals surface area (Å²) in [7, 11) is 0. The Morgan fingerprint density at radius 1 is 0.182 bits per heavy atom. The Bertz CT molecular complexity index is 3260. The largest absolute Gasteiger partial charge is 0.228 e. The third kappa shape index (κ3) is 8.30. The van der Waals surface area contributed by atoms with Crippen LogP contribution in [-0.2, 0) is 0 Å². The highest BCUT2D eigenvalue weighted by molar-refractivity contribution is 5.93. The van der Waals surface area contributed by atoms with Crippen molar-refractivity contribution in [2.45, 2.75) is 0 Å². The molecule has 0 atom stereocenters. The zero-order valence-corrected chi connectivity index (χ0v) is 35.8. The molecular formula is C60H40N6. The van der Waals surface area contributed by atoms with Crippen molar-refractivity contribution >= 4 is 0 Å². The molecule has 0 aliphatic carbocycles. The van der Waals surface area contributed by atoms with E-state index in [0.717, 1.165) is 95.4 Å². The molecule has 0 aliphatic rings. The van der Waals surface area contributed by atoms with Gasteiger partial charge in [0.25, 0.3) is 0 Å². The van der Waals surface area contributed by atoms with Crippen molar-refractivity contribution in [1.29, 1.82) is 0 Å². The molecule has 11 rings (SSSR count). The number of benzene rings is 8. The monoisotopic (exact) mass is 844 g/mol. The van der Waals surface area contributed by atoms with Crippen molar-refractivity contribution in [1.82, 2.24) is 29.9 Å². The molecule has 0 radical (unpaired) electrons. The second-order valence-corrected chi connectivity index (χ2v) is 15.9. The molecule has 0 N–H and O–H groups in total. The van der Waals surface area contributed by atoms with E-state index in [1.54, 1.807) is 0 Å². The highest BCUT2D eigenvalue weighted by Gasteiger charge is 2.22. The molecule has 0 saturated carbocycles. The van der Waals surface area contributed by atoms with Crippen LogP contribution in [0, 0.1) is 0 Å². The maximum absolute atomic E-state index is 5.47. The smallest absolute Gasteiger partial charge is 0.160 e. The molecule has 8 aromatic carbocycles. The zero-order chi connectivity index (χ0) is 44.1. The fourth-order valence-electron chi connectivity index (χ4n) is 8.26. The van der Waals surface area contributed by atoms with Gasteiger partial charge in [-0.2, -0.15) is 0 Å². The van der Waals surface area contributed by atoms with Crippen LogP contribution in [0.3, 0.4) is 0 Å². The van der Waals surface area contributed by atoms with Crippen LogP contribution in [0.1, 0.15) is 0 Å². The predicted molar refractivity (Wildman–Crippen MR) is 268 cm³/mol. The van der Waals surface area contributed by atoms with Crippen molar-refractivity contribution in [2.75, 3.05) is 0 Å². The average molecular weight is 845 g/mol. The third-order valence-electron chi connectivity index (χ3n) is 11.5. The lowest BCUT2D eigenvalue weighted by atomic mass is 9.93. The lowest BCUT2D eigenvalue weighted by Gasteiger charge is -2.18. The molecule has 0 unspecified atom stereocenters. The van der Waals surface area contributed by atoms with Crippen molar-refractivity contribution in [2.24, 2.45) is 0 Å². The van der Waals surface area contributed by atoms with Gasteiger partial charge in [-0.05, 0) is 29.8 Å². The normalized spacial score (nSPS) is 11.0. The molecule has 6 heteroatoms. The van der Waals surface area contributed by atoms with Gasteiger partial charge >= 0.3 is 0 Å². The minimum absolute atomic E-state index is 0.586. The molecule has 66 heavy (non-hydrogen) atoms. The molecular weight excluding hydrogens is 805 g/mol. The lowest BCUT2D eigenvalue weighted by Crippen LogP contribution is -2.02. The minimum atomic E-state index is 0.586. The highest BCUT2D eigenvalue weighted by Crippen LogP contribution is 2.41. The van der Waals surface area contributed by atoms with Crippen LogP contribution >= 0.6 is 0 Å². The summed E-state index contributed by atoms with van der Waals surface area (Å²) in [4.78, 5) is 31.6. The molecule has 6 nitrogen and oxygen atoms in total. The van der Waals surface area contributed by atoms with Crippen molar-refractivity contribution in [3.8, 4) is 113 Å². The Hall–Kier alpha value is -9.00. The Morgan fingerprint density at radius 2 is 0.424 bits per heavy atom. The van der Waals surface area contributed by atoms with Crippen LogP contribution in [0.15, 0.2) is 243 Å². The number of nitrogens with zero attached hydrogens (tertiary/aromatic N) is 6. The van der Waals surface area contributed by atoms with E-state index < -0.39 is 0 Å². The summed E-state index contributed by atoms with van der Waals surface area (Å²) in [5, 5.41) is 0. The van der Waals surface area contributed by atoms with Gasteiger partial charge in [0, 0.05) is 55.6 Å². The van der Waals surface area contributed by atoms with Crippen molar-refractivity contribution in [3.05, 3.63) is 243 Å². The van der Waals surface area contributed by atoms with E-state index in [1.165, 1.54) is 0 Å². The predicted octanol–water partition coefficient (Wildman–Crippen LogP) is 14.7. The zero-order valence-electron chi connectivity index (χ0n) is 35.8. The van der Waals surface area contributed by atoms with E-state index in [4.69, 9.17) is 29.9 Å². The minimum Gasteiger partial charge on any atom is -0.228 e. The first-order chi connectivity index (χ1) is 32.7. The van der Waals surface area contributed by atoms with Gasteiger partial charge in [-0.3, -0.25) is 0 Å². The summed E-state index contributed by atoms with van der Waals surface area (Å²) in [6, 6.07) is 82.5. The molecule has 0 spiro atoms. The first-order valence-corrected chi connectivity index (χ1v) is 21.9. The topological polar surface area (TPSA) is 77.3 Å². The van der Waals surface area contributed by atoms with Crippen LogP contribution in [0.25, 0.3) is 113 Å². The summed E-state index contributed by atoms with van der Waals surface area (Å²) in [5.41, 5.74) is 15.4. The fourth-order valence-corrected chi connectivity index (χ4v) is 8.26. The van der Waals surface area contributed by atoms with Gasteiger partial charge in [-0.25, -0.2) is 29.9 Å². The number of hydrogen-bond acceptors (Lipinski definition) is 6. The molecule has 3 aromatic heterocycles. The summed E-state index contributed by atoms with van der Waals surface area (Å²) in [6.07, 6.45) is 0. The van der Waals surface area contributed by atoms with E-state index in [9.17, 15) is 0 Å². The van der Waals surface area contributed by atoms with Crippen LogP contribution in [0.4, 0.5) is 0 Å². The molecule has 0 fully saturated rings. The summed E-state index contributed by atoms with van der Waals surface area (Å²) in [5.74, 6) is 1.83. The standard InChI is InChI=1S/C60H40N6/c1-7-21-41(22-8-1)51-39-52(42-23-9-2-10-24-42)62-58(61-51)48-34-19-33-47(37-48)55-56(45-29-15-5-16-30-45)65-60(66-57(55)46-31-17-6-18-32-46)50-36-20-35-49(38-50)59-63-53(43-25-11-3-12-26-43)40-54(64-59)44-27-13-4-14-28-44/h1-40H. The first kappa shape index (κ1) is 39.8. The Balaban J connectivity index is 1.09. The van der Waals surface area contributed by atoms with Gasteiger partial charge < -0.3 is 0 Å². The molecule has 0 bridgehead atoms. The second kappa shape index (κ2) is 18.0. The van der Waals surface area contributed by atoms with Crippen LogP contribution in [0.5, 0.6) is 0 Å². The Kier molecular flexibility index (Phi) is 10.9. The molecule has 0 aliphatic heterocycles. The third-order valence-corrected chi connectivity index (χ3v) is 11.5. The van der Waals surface area contributed by atoms with Crippen molar-refractivity contribution in [3.63, 3.8) is 0 Å². The number of aromatic nitrogens is 6. The van der Waals surface area contributed by atoms with Crippen LogP contribution in [0.2, 0.25) is 0 Å². The summed E-state index contributed by atoms with van der Waals surface area (Å²) < 4.78 is 0. The van der Waals surface area contributed by atoms with Gasteiger partial charge in [-0.1, -0.05) is 218 Å². The second-order valence-electron chi connectivity index (χ2n) is 15.9. The van der Waals surface area contributed by atoms with Gasteiger partial charge in [0.15, 0.2) is 17.5 Å². The quantitative estimate of drug-likeness (QED) is 0.136. The van der Waals surface area contributed by atoms with Gasteiger partial charge in [0.1, 0.15) is 0 Å². The molecule has 0 saturated heterocycles.